The normalized spacial score (nSPS) is 23.2. The summed E-state index contributed by atoms with van der Waals surface area (Å²) in [5.41, 5.74) is 0. The molecule has 1 atom stereocenters. The fourth-order valence-corrected chi connectivity index (χ4v) is 3.49. The predicted octanol–water partition coefficient (Wildman–Crippen LogP) is 2.79. The van der Waals surface area contributed by atoms with E-state index >= 15 is 0 Å². The fourth-order valence-electron chi connectivity index (χ4n) is 2.59. The Balaban J connectivity index is 1.51. The van der Waals surface area contributed by atoms with Gasteiger partial charge in [0.2, 0.25) is 0 Å². The minimum atomic E-state index is 0.389. The summed E-state index contributed by atoms with van der Waals surface area (Å²) in [6.45, 7) is 6.15. The summed E-state index contributed by atoms with van der Waals surface area (Å²) in [6.07, 6.45) is 8.61. The summed E-state index contributed by atoms with van der Waals surface area (Å²) in [4.78, 5) is 8.35. The average molecular weight is 295 g/mol. The van der Waals surface area contributed by atoms with Gasteiger partial charge in [0.1, 0.15) is 0 Å². The molecule has 1 saturated carbocycles. The average Bonchev–Trinajstić information content (AvgIpc) is 3.20. The van der Waals surface area contributed by atoms with Gasteiger partial charge in [-0.3, -0.25) is 0 Å². The SMILES string of the molecule is CCCOC1CCCN(c2ncc(CNC3CC3)s2)C1. The van der Waals surface area contributed by atoms with E-state index in [1.54, 1.807) is 0 Å². The lowest BCUT2D eigenvalue weighted by Gasteiger charge is -2.32. The van der Waals surface area contributed by atoms with Crippen molar-refractivity contribution in [3.05, 3.63) is 11.1 Å². The van der Waals surface area contributed by atoms with Crippen molar-refractivity contribution in [1.29, 1.82) is 0 Å². The van der Waals surface area contributed by atoms with Crippen molar-refractivity contribution in [2.24, 2.45) is 0 Å². The van der Waals surface area contributed by atoms with Gasteiger partial charge in [-0.05, 0) is 32.1 Å². The van der Waals surface area contributed by atoms with E-state index in [1.807, 2.05) is 17.5 Å². The molecule has 112 valence electrons. The van der Waals surface area contributed by atoms with Crippen LogP contribution in [0.15, 0.2) is 6.20 Å². The molecule has 1 N–H and O–H groups in total. The topological polar surface area (TPSA) is 37.4 Å². The van der Waals surface area contributed by atoms with Crippen LogP contribution in [0.25, 0.3) is 0 Å². The van der Waals surface area contributed by atoms with Crippen LogP contribution >= 0.6 is 11.3 Å². The van der Waals surface area contributed by atoms with E-state index in [9.17, 15) is 0 Å². The molecule has 0 bridgehead atoms. The summed E-state index contributed by atoms with van der Waals surface area (Å²) in [5.74, 6) is 0. The number of ether oxygens (including phenoxy) is 1. The maximum Gasteiger partial charge on any atom is 0.185 e. The Bertz CT molecular complexity index is 419. The number of thiazole rings is 1. The second-order valence-electron chi connectivity index (χ2n) is 5.85. The molecular weight excluding hydrogens is 270 g/mol. The molecule has 0 amide bonds. The molecular formula is C15H25N3OS. The first-order chi connectivity index (χ1) is 9.85. The Morgan fingerprint density at radius 3 is 3.15 bits per heavy atom. The zero-order valence-electron chi connectivity index (χ0n) is 12.3. The molecule has 2 fully saturated rings. The van der Waals surface area contributed by atoms with Crippen LogP contribution in [-0.2, 0) is 11.3 Å². The van der Waals surface area contributed by atoms with Gasteiger partial charge in [-0.2, -0.15) is 0 Å². The molecule has 0 aromatic carbocycles. The van der Waals surface area contributed by atoms with Gasteiger partial charge in [-0.25, -0.2) is 4.98 Å². The molecule has 1 unspecified atom stereocenters. The van der Waals surface area contributed by atoms with Crippen molar-refractivity contribution in [3.8, 4) is 0 Å². The van der Waals surface area contributed by atoms with Crippen molar-refractivity contribution >= 4 is 16.5 Å². The Labute approximate surface area is 125 Å². The lowest BCUT2D eigenvalue weighted by Crippen LogP contribution is -2.39. The standard InChI is InChI=1S/C15H25N3OS/c1-2-8-19-13-4-3-7-18(11-13)15-17-10-14(20-15)9-16-12-5-6-12/h10,12-13,16H,2-9,11H2,1H3. The minimum absolute atomic E-state index is 0.389. The molecule has 1 aromatic heterocycles. The van der Waals surface area contributed by atoms with Crippen molar-refractivity contribution in [2.75, 3.05) is 24.6 Å². The molecule has 4 nitrogen and oxygen atoms in total. The Morgan fingerprint density at radius 2 is 2.35 bits per heavy atom. The molecule has 1 aliphatic heterocycles. The molecule has 1 saturated heterocycles. The second kappa shape index (κ2) is 6.87. The van der Waals surface area contributed by atoms with Crippen molar-refractivity contribution in [1.82, 2.24) is 10.3 Å². The Hall–Kier alpha value is -0.650. The van der Waals surface area contributed by atoms with Crippen molar-refractivity contribution < 1.29 is 4.74 Å². The van der Waals surface area contributed by atoms with Gasteiger partial charge >= 0.3 is 0 Å². The van der Waals surface area contributed by atoms with Crippen LogP contribution in [0.3, 0.4) is 0 Å². The molecule has 1 aliphatic carbocycles. The zero-order valence-corrected chi connectivity index (χ0v) is 13.1. The highest BCUT2D eigenvalue weighted by Gasteiger charge is 2.23. The Kier molecular flexibility index (Phi) is 4.91. The fraction of sp³-hybridized carbons (Fsp3) is 0.800. The number of aromatic nitrogens is 1. The van der Waals surface area contributed by atoms with Crippen LogP contribution in [0.1, 0.15) is 43.9 Å². The number of hydrogen-bond acceptors (Lipinski definition) is 5. The first kappa shape index (κ1) is 14.3. The molecule has 0 radical (unpaired) electrons. The van der Waals surface area contributed by atoms with E-state index in [0.29, 0.717) is 6.10 Å². The molecule has 0 spiro atoms. The van der Waals surface area contributed by atoms with Crippen LogP contribution in [-0.4, -0.2) is 36.8 Å². The second-order valence-corrected chi connectivity index (χ2v) is 6.94. The van der Waals surface area contributed by atoms with Crippen LogP contribution in [0, 0.1) is 0 Å². The zero-order chi connectivity index (χ0) is 13.8. The first-order valence-corrected chi connectivity index (χ1v) is 8.71. The number of hydrogen-bond donors (Lipinski definition) is 1. The molecule has 5 heteroatoms. The highest BCUT2D eigenvalue weighted by molar-refractivity contribution is 7.15. The summed E-state index contributed by atoms with van der Waals surface area (Å²) < 4.78 is 5.90. The van der Waals surface area contributed by atoms with Gasteiger partial charge < -0.3 is 15.0 Å². The molecule has 2 heterocycles. The van der Waals surface area contributed by atoms with Gasteiger partial charge in [0.25, 0.3) is 0 Å². The van der Waals surface area contributed by atoms with Gasteiger partial charge in [0, 0.05) is 43.4 Å². The molecule has 2 aliphatic rings. The van der Waals surface area contributed by atoms with E-state index in [0.717, 1.165) is 38.7 Å². The molecule has 20 heavy (non-hydrogen) atoms. The maximum absolute atomic E-state index is 5.90. The third-order valence-corrected chi connectivity index (χ3v) is 4.95. The number of nitrogens with one attached hydrogen (secondary N) is 1. The monoisotopic (exact) mass is 295 g/mol. The lowest BCUT2D eigenvalue weighted by atomic mass is 10.1. The van der Waals surface area contributed by atoms with Gasteiger partial charge in [-0.15, -0.1) is 11.3 Å². The largest absolute Gasteiger partial charge is 0.376 e. The smallest absolute Gasteiger partial charge is 0.185 e. The van der Waals surface area contributed by atoms with Gasteiger partial charge in [0.05, 0.1) is 6.10 Å². The van der Waals surface area contributed by atoms with Crippen LogP contribution in [0.5, 0.6) is 0 Å². The molecule has 3 rings (SSSR count). The van der Waals surface area contributed by atoms with Gasteiger partial charge in [-0.1, -0.05) is 6.92 Å². The number of nitrogens with zero attached hydrogens (tertiary/aromatic N) is 2. The number of rotatable bonds is 7. The van der Waals surface area contributed by atoms with Crippen LogP contribution in [0.4, 0.5) is 5.13 Å². The quantitative estimate of drug-likeness (QED) is 0.839. The highest BCUT2D eigenvalue weighted by atomic mass is 32.1. The maximum atomic E-state index is 5.90. The van der Waals surface area contributed by atoms with Crippen molar-refractivity contribution in [2.45, 2.75) is 57.7 Å². The Morgan fingerprint density at radius 1 is 1.45 bits per heavy atom. The van der Waals surface area contributed by atoms with Crippen LogP contribution < -0.4 is 10.2 Å². The third kappa shape index (κ3) is 3.93. The number of piperidine rings is 1. The number of anilines is 1. The van der Waals surface area contributed by atoms with E-state index in [4.69, 9.17) is 4.74 Å². The van der Waals surface area contributed by atoms with Crippen molar-refractivity contribution in [3.63, 3.8) is 0 Å². The van der Waals surface area contributed by atoms with Gasteiger partial charge in [0.15, 0.2) is 5.13 Å². The van der Waals surface area contributed by atoms with E-state index in [-0.39, 0.29) is 0 Å². The first-order valence-electron chi connectivity index (χ1n) is 7.90. The van der Waals surface area contributed by atoms with E-state index in [1.165, 1.54) is 35.7 Å². The predicted molar refractivity (Wildman–Crippen MR) is 83.5 cm³/mol. The van der Waals surface area contributed by atoms with E-state index in [2.05, 4.69) is 22.1 Å². The third-order valence-electron chi connectivity index (χ3n) is 3.89. The molecule has 1 aromatic rings. The highest BCUT2D eigenvalue weighted by Crippen LogP contribution is 2.27. The minimum Gasteiger partial charge on any atom is -0.376 e. The summed E-state index contributed by atoms with van der Waals surface area (Å²) in [6, 6.07) is 0.766. The van der Waals surface area contributed by atoms with E-state index < -0.39 is 0 Å². The summed E-state index contributed by atoms with van der Waals surface area (Å²) in [7, 11) is 0. The lowest BCUT2D eigenvalue weighted by molar-refractivity contribution is 0.0440. The summed E-state index contributed by atoms with van der Waals surface area (Å²) >= 11 is 1.83. The van der Waals surface area contributed by atoms with Crippen LogP contribution in [0.2, 0.25) is 0 Å². The summed E-state index contributed by atoms with van der Waals surface area (Å²) in [5, 5.41) is 4.72.